The summed E-state index contributed by atoms with van der Waals surface area (Å²) in [4.78, 5) is 89.6. The van der Waals surface area contributed by atoms with Crippen LogP contribution in [-0.2, 0) is 77.8 Å². The van der Waals surface area contributed by atoms with E-state index in [9.17, 15) is 54.4 Å². The molecule has 0 bridgehead atoms. The first kappa shape index (κ1) is 92.1. The summed E-state index contributed by atoms with van der Waals surface area (Å²) in [5.41, 5.74) is 23.9. The van der Waals surface area contributed by atoms with Crippen LogP contribution in [0.4, 0.5) is 30.4 Å². The van der Waals surface area contributed by atoms with Gasteiger partial charge in [0.05, 0.1) is 64.3 Å². The molecule has 0 fully saturated rings. The summed E-state index contributed by atoms with van der Waals surface area (Å²) in [6.07, 6.45) is 4.53. The Bertz CT molecular complexity index is 5150. The predicted octanol–water partition coefficient (Wildman–Crippen LogP) is 13.1. The molecular weight excluding hydrogens is 1640 g/mol. The Morgan fingerprint density at radius 1 is 0.647 bits per heavy atom. The van der Waals surface area contributed by atoms with Crippen molar-refractivity contribution in [3.8, 4) is 45.6 Å². The molecule has 0 spiro atoms. The number of alkyl halides is 1. The van der Waals surface area contributed by atoms with Gasteiger partial charge in [-0.05, 0) is 157 Å². The lowest BCUT2D eigenvalue weighted by Gasteiger charge is -2.26. The van der Waals surface area contributed by atoms with Crippen LogP contribution in [0, 0.1) is 11.6 Å². The number of aromatic carboxylic acids is 1. The molecule has 12 rings (SSSR count). The van der Waals surface area contributed by atoms with Gasteiger partial charge in [-0.15, -0.1) is 11.6 Å². The minimum Gasteiger partial charge on any atom is -0.492 e. The minimum atomic E-state index is -3.75. The number of fused-ring (bicyclic) bond motifs is 4. The minimum absolute atomic E-state index is 0.0374. The Hall–Kier alpha value is -11.1. The summed E-state index contributed by atoms with van der Waals surface area (Å²) >= 11 is 8.59. The van der Waals surface area contributed by atoms with Gasteiger partial charge in [-0.1, -0.05) is 34.9 Å². The van der Waals surface area contributed by atoms with Crippen LogP contribution in [0.2, 0.25) is 0 Å². The van der Waals surface area contributed by atoms with E-state index in [1.54, 1.807) is 79.8 Å². The number of sulfone groups is 2. The number of carbonyl (C=O) groups excluding carboxylic acids is 5. The number of Topliss-reactive ketones (excluding diaryl/α,β-unsaturated/α-hetero) is 1. The molecule has 32 nitrogen and oxygen atoms in total. The van der Waals surface area contributed by atoms with Gasteiger partial charge < -0.3 is 73.8 Å². The normalized spacial score (nSPS) is 13.6. The van der Waals surface area contributed by atoms with Crippen LogP contribution in [-0.4, -0.2) is 190 Å². The molecule has 0 unspecified atom stereocenters. The number of halogens is 4. The molecule has 4 aliphatic heterocycles. The van der Waals surface area contributed by atoms with Crippen LogP contribution in [0.5, 0.6) is 23.0 Å². The molecule has 6 heterocycles. The van der Waals surface area contributed by atoms with Crippen molar-refractivity contribution >= 4 is 95.0 Å². The quantitative estimate of drug-likeness (QED) is 0.0208. The number of benzene rings is 6. The van der Waals surface area contributed by atoms with Gasteiger partial charge in [0, 0.05) is 104 Å². The van der Waals surface area contributed by atoms with E-state index >= 15 is 0 Å². The van der Waals surface area contributed by atoms with Crippen LogP contribution < -0.4 is 35.7 Å². The van der Waals surface area contributed by atoms with Gasteiger partial charge in [-0.3, -0.25) is 19.2 Å². The van der Waals surface area contributed by atoms with Gasteiger partial charge in [-0.2, -0.15) is 0 Å². The number of nitrogens with one attached hydrogen (secondary N) is 1. The van der Waals surface area contributed by atoms with E-state index in [4.69, 9.17) is 71.0 Å². The number of anilines is 2. The molecule has 2 aromatic heterocycles. The van der Waals surface area contributed by atoms with Crippen molar-refractivity contribution in [3.05, 3.63) is 186 Å². The molecule has 38 heteroatoms. The van der Waals surface area contributed by atoms with Crippen molar-refractivity contribution in [1.29, 1.82) is 0 Å². The van der Waals surface area contributed by atoms with E-state index in [-0.39, 0.29) is 104 Å². The second-order valence-electron chi connectivity index (χ2n) is 27.8. The topological polar surface area (TPSA) is 433 Å². The van der Waals surface area contributed by atoms with Crippen LogP contribution in [0.1, 0.15) is 120 Å². The van der Waals surface area contributed by atoms with Gasteiger partial charge in [0.15, 0.2) is 37.0 Å². The first-order valence-corrected chi connectivity index (χ1v) is 41.0. The summed E-state index contributed by atoms with van der Waals surface area (Å²) in [5, 5.41) is 16.4. The van der Waals surface area contributed by atoms with Crippen LogP contribution in [0.3, 0.4) is 0 Å². The molecule has 8 aromatic rings. The predicted molar refractivity (Wildman–Crippen MR) is 429 cm³/mol. The van der Waals surface area contributed by atoms with Gasteiger partial charge in [0.25, 0.3) is 23.8 Å². The Morgan fingerprint density at radius 3 is 1.52 bits per heavy atom. The van der Waals surface area contributed by atoms with Crippen molar-refractivity contribution in [1.82, 2.24) is 35.0 Å². The van der Waals surface area contributed by atoms with E-state index < -0.39 is 70.3 Å². The maximum atomic E-state index is 14.9. The first-order chi connectivity index (χ1) is 54.7. The second kappa shape index (κ2) is 41.5. The van der Waals surface area contributed by atoms with Crippen LogP contribution in [0.25, 0.3) is 33.1 Å². The SMILES string of the molecule is CC(C)(C)OC(=O)N1CCOc2ccc(Br)cc2C1.CC(C)(C)OC(=O)N1CCOc2ccc(C(=O)CN=[N+]=[N-])cc2C1.CCc1c(C(=O)N2CCOc3ccc(-c4cnc(N)o4)cc3C2)ccc(S(C)(=O)=O)c1F.CCc1c(C(=O)O)ccc(S(C)(=O)=O)c1F.CON(C)C(=O)CCl.Nc1ncc(-c2ccc3c(c2)CNCCO3)o1. The number of ketones is 1. The molecule has 0 aliphatic carbocycles. The average molecular weight is 1740 g/mol. The molecule has 0 saturated carbocycles. The van der Waals surface area contributed by atoms with E-state index in [1.165, 1.54) is 26.4 Å². The van der Waals surface area contributed by atoms with Crippen molar-refractivity contribution in [2.75, 3.05) is 103 Å². The van der Waals surface area contributed by atoms with E-state index in [2.05, 4.69) is 46.1 Å². The monoisotopic (exact) mass is 1730 g/mol. The highest BCUT2D eigenvalue weighted by atomic mass is 79.9. The fourth-order valence-corrected chi connectivity index (χ4v) is 13.4. The molecule has 4 amide bonds. The molecule has 0 saturated heterocycles. The van der Waals surface area contributed by atoms with Crippen molar-refractivity contribution < 1.29 is 102 Å². The van der Waals surface area contributed by atoms with Gasteiger partial charge >= 0.3 is 18.2 Å². The number of azide groups is 1. The lowest BCUT2D eigenvalue weighted by molar-refractivity contribution is -0.165. The molecule has 6 N–H and O–H groups in total. The number of nitrogens with two attached hydrogens (primary N) is 2. The standard InChI is InChI=1S/C22H22FN3O5S.C16H20N4O4.C14H18BrNO3.C12H13N3O2.C10H11FO4S.C4H8ClNO2/c1-3-15-16(5-7-19(20(15)23)32(2,28)29)21(27)26-8-9-30-17-6-4-13(10-14(17)12-26)18-11-25-22(24)31-18;1-16(2,3)24-15(22)20-6-7-23-14-5-4-11(8-12(14)10-20)13(21)9-18-19-17;1-14(2,3)19-13(17)16-6-7-18-12-5-4-11(15)8-10(12)9-16;13-12-15-7-11(17-12)8-1-2-10-9(5-8)6-14-3-4-16-10;1-3-6-7(10(12)13)4-5-8(9(6)11)16(2,14)15;1-6(8-2)4(7)3-5/h4-7,10-11H,3,8-9,12H2,1-2H3,(H2,24,25);4-5,8H,6-7,9-10H2,1-3H3;4-5,8H,6-7,9H2,1-3H3;1-2,5,7,14H,3-4,6H2,(H2,13,15);4-5H,3H2,1-2H3,(H,12,13);3H2,1-2H3. The number of hydrogen-bond donors (Lipinski definition) is 4. The number of ether oxygens (including phenoxy) is 6. The third-order valence-corrected chi connectivity index (χ3v) is 19.9. The zero-order valence-electron chi connectivity index (χ0n) is 65.9. The number of carboxylic acid groups (broad SMARTS) is 1. The third kappa shape index (κ3) is 26.5. The number of amides is 4. The van der Waals surface area contributed by atoms with Gasteiger partial charge in [0.2, 0.25) is 0 Å². The van der Waals surface area contributed by atoms with Crippen molar-refractivity contribution in [3.63, 3.8) is 0 Å². The molecule has 624 valence electrons. The van der Waals surface area contributed by atoms with Crippen LogP contribution in [0.15, 0.2) is 138 Å². The number of nitrogen functional groups attached to an aromatic ring is 2. The summed E-state index contributed by atoms with van der Waals surface area (Å²) in [6.45, 7) is 19.7. The lowest BCUT2D eigenvalue weighted by Crippen LogP contribution is -2.37. The number of hydrogen-bond acceptors (Lipinski definition) is 25. The Kier molecular flexibility index (Phi) is 32.9. The summed E-state index contributed by atoms with van der Waals surface area (Å²) in [6, 6.07) is 27.0. The fraction of sp³-hybridized carbons (Fsp3) is 0.385. The molecule has 116 heavy (non-hydrogen) atoms. The molecular formula is C78H92BrClF2N12O20S2. The first-order valence-electron chi connectivity index (χ1n) is 35.9. The Morgan fingerprint density at radius 2 is 1.08 bits per heavy atom. The van der Waals surface area contributed by atoms with E-state index in [1.807, 2.05) is 69.3 Å². The summed E-state index contributed by atoms with van der Waals surface area (Å²) in [7, 11) is -4.52. The van der Waals surface area contributed by atoms with Gasteiger partial charge in [0.1, 0.15) is 87.9 Å². The largest absolute Gasteiger partial charge is 0.492 e. The highest BCUT2D eigenvalue weighted by molar-refractivity contribution is 9.10. The number of rotatable bonds is 13. The zero-order valence-corrected chi connectivity index (χ0v) is 69.9. The number of nitrogens with zero attached hydrogens (tertiary/aromatic N) is 9. The van der Waals surface area contributed by atoms with Crippen LogP contribution >= 0.6 is 27.5 Å². The number of oxazole rings is 2. The molecule has 6 aromatic carbocycles. The third-order valence-electron chi connectivity index (χ3n) is 16.9. The number of carbonyl (C=O) groups is 6. The maximum Gasteiger partial charge on any atom is 0.410 e. The van der Waals surface area contributed by atoms with E-state index in [0.29, 0.717) is 73.6 Å². The fourth-order valence-electron chi connectivity index (χ4n) is 11.3. The van der Waals surface area contributed by atoms with E-state index in [0.717, 1.165) is 92.7 Å². The molecule has 4 aliphatic rings. The Balaban J connectivity index is 0.000000200. The second-order valence-corrected chi connectivity index (χ2v) is 33.0. The smallest absolute Gasteiger partial charge is 0.410 e. The maximum absolute atomic E-state index is 14.9. The highest BCUT2D eigenvalue weighted by Crippen LogP contribution is 2.35. The van der Waals surface area contributed by atoms with Crippen molar-refractivity contribution in [2.24, 2.45) is 5.11 Å². The summed E-state index contributed by atoms with van der Waals surface area (Å²) in [5.74, 6) is 0.0914. The lowest BCUT2D eigenvalue weighted by atomic mass is 10.0. The molecule has 0 atom stereocenters. The number of carboxylic acids is 1. The van der Waals surface area contributed by atoms with Crippen molar-refractivity contribution in [2.45, 2.75) is 115 Å². The summed E-state index contributed by atoms with van der Waals surface area (Å²) < 4.78 is 120. The van der Waals surface area contributed by atoms with Gasteiger partial charge in [-0.25, -0.2) is 55.0 Å². The highest BCUT2D eigenvalue weighted by Gasteiger charge is 2.31. The zero-order chi connectivity index (χ0) is 85.6. The molecule has 0 radical (unpaired) electrons. The number of aromatic nitrogens is 2. The average Bonchev–Trinajstić information content (AvgIpc) is 1.04. The number of hydroxylamine groups is 2. The Labute approximate surface area is 683 Å².